The smallest absolute Gasteiger partial charge is 0.253 e. The SMILES string of the molecule is O=C1NC[C@H](c2ccccc2)[C@@H]1C(=O)N/N=C/c1c(F)cccc1Cl. The summed E-state index contributed by atoms with van der Waals surface area (Å²) in [6.45, 7) is 0.379. The molecule has 1 heterocycles. The Labute approximate surface area is 148 Å². The summed E-state index contributed by atoms with van der Waals surface area (Å²) in [5, 5.41) is 6.61. The van der Waals surface area contributed by atoms with E-state index in [0.717, 1.165) is 11.8 Å². The standard InChI is InChI=1S/C18H15ClFN3O2/c19-14-7-4-8-15(20)13(14)10-22-23-18(25)16-12(9-21-17(16)24)11-5-2-1-3-6-11/h1-8,10,12,16H,9H2,(H,21,24)(H,23,25)/b22-10+/t12-,16+/m1/s1. The minimum Gasteiger partial charge on any atom is -0.355 e. The van der Waals surface area contributed by atoms with Crippen LogP contribution in [0.25, 0.3) is 0 Å². The Bertz CT molecular complexity index is 806. The maximum absolute atomic E-state index is 13.7. The van der Waals surface area contributed by atoms with Gasteiger partial charge >= 0.3 is 0 Å². The van der Waals surface area contributed by atoms with Crippen molar-refractivity contribution in [2.45, 2.75) is 5.92 Å². The molecule has 5 nitrogen and oxygen atoms in total. The average Bonchev–Trinajstić information content (AvgIpc) is 3.00. The normalized spacial score (nSPS) is 19.8. The number of nitrogens with zero attached hydrogens (tertiary/aromatic N) is 1. The molecule has 1 aliphatic rings. The number of carbonyl (C=O) groups is 2. The zero-order chi connectivity index (χ0) is 17.8. The minimum absolute atomic E-state index is 0.0694. The average molecular weight is 360 g/mol. The Kier molecular flexibility index (Phi) is 5.09. The molecule has 128 valence electrons. The van der Waals surface area contributed by atoms with Crippen LogP contribution in [0.2, 0.25) is 5.02 Å². The Hall–Kier alpha value is -2.73. The molecule has 1 saturated heterocycles. The molecule has 0 unspecified atom stereocenters. The summed E-state index contributed by atoms with van der Waals surface area (Å²) in [6.07, 6.45) is 1.12. The highest BCUT2D eigenvalue weighted by Gasteiger charge is 2.40. The van der Waals surface area contributed by atoms with E-state index in [-0.39, 0.29) is 22.4 Å². The van der Waals surface area contributed by atoms with E-state index in [2.05, 4.69) is 15.8 Å². The van der Waals surface area contributed by atoms with E-state index in [1.807, 2.05) is 30.3 Å². The molecule has 0 saturated carbocycles. The Morgan fingerprint density at radius 2 is 2.00 bits per heavy atom. The second-order valence-electron chi connectivity index (χ2n) is 5.61. The van der Waals surface area contributed by atoms with E-state index in [0.29, 0.717) is 6.54 Å². The lowest BCUT2D eigenvalue weighted by Crippen LogP contribution is -2.34. The van der Waals surface area contributed by atoms with Gasteiger partial charge in [-0.05, 0) is 17.7 Å². The van der Waals surface area contributed by atoms with Gasteiger partial charge < -0.3 is 5.32 Å². The molecule has 25 heavy (non-hydrogen) atoms. The zero-order valence-electron chi connectivity index (χ0n) is 13.1. The van der Waals surface area contributed by atoms with Crippen LogP contribution in [0.4, 0.5) is 4.39 Å². The lowest BCUT2D eigenvalue weighted by molar-refractivity contribution is -0.133. The fourth-order valence-corrected chi connectivity index (χ4v) is 3.01. The van der Waals surface area contributed by atoms with Gasteiger partial charge in [0.15, 0.2) is 0 Å². The highest BCUT2D eigenvalue weighted by Crippen LogP contribution is 2.29. The lowest BCUT2D eigenvalue weighted by atomic mass is 9.88. The van der Waals surface area contributed by atoms with Crippen LogP contribution in [-0.4, -0.2) is 24.6 Å². The first kappa shape index (κ1) is 17.1. The van der Waals surface area contributed by atoms with Crippen molar-refractivity contribution < 1.29 is 14.0 Å². The van der Waals surface area contributed by atoms with Crippen LogP contribution >= 0.6 is 11.6 Å². The predicted molar refractivity (Wildman–Crippen MR) is 92.8 cm³/mol. The summed E-state index contributed by atoms with van der Waals surface area (Å²) >= 11 is 5.89. The Morgan fingerprint density at radius 3 is 2.72 bits per heavy atom. The highest BCUT2D eigenvalue weighted by molar-refractivity contribution is 6.33. The first-order chi connectivity index (χ1) is 12.1. The highest BCUT2D eigenvalue weighted by atomic mass is 35.5. The number of hydrogen-bond donors (Lipinski definition) is 2. The fraction of sp³-hybridized carbons (Fsp3) is 0.167. The van der Waals surface area contributed by atoms with Crippen molar-refractivity contribution in [3.63, 3.8) is 0 Å². The molecule has 0 aliphatic carbocycles. The van der Waals surface area contributed by atoms with Crippen molar-refractivity contribution in [2.24, 2.45) is 11.0 Å². The van der Waals surface area contributed by atoms with Crippen LogP contribution in [0.15, 0.2) is 53.6 Å². The van der Waals surface area contributed by atoms with Gasteiger partial charge in [0, 0.05) is 18.0 Å². The largest absolute Gasteiger partial charge is 0.355 e. The molecule has 7 heteroatoms. The Balaban J connectivity index is 1.73. The maximum atomic E-state index is 13.7. The number of rotatable bonds is 4. The minimum atomic E-state index is -0.893. The van der Waals surface area contributed by atoms with Crippen LogP contribution in [0, 0.1) is 11.7 Å². The van der Waals surface area contributed by atoms with Crippen LogP contribution in [0.3, 0.4) is 0 Å². The zero-order valence-corrected chi connectivity index (χ0v) is 13.8. The third-order valence-electron chi connectivity index (χ3n) is 4.06. The summed E-state index contributed by atoms with van der Waals surface area (Å²) in [5.41, 5.74) is 3.26. The second kappa shape index (κ2) is 7.44. The molecule has 2 amide bonds. The number of halogens is 2. The van der Waals surface area contributed by atoms with Crippen LogP contribution in [-0.2, 0) is 9.59 Å². The summed E-state index contributed by atoms with van der Waals surface area (Å²) in [4.78, 5) is 24.4. The lowest BCUT2D eigenvalue weighted by Gasteiger charge is -2.15. The quantitative estimate of drug-likeness (QED) is 0.500. The van der Waals surface area contributed by atoms with Crippen LogP contribution in [0.1, 0.15) is 17.0 Å². The molecule has 0 spiro atoms. The molecule has 0 radical (unpaired) electrons. The van der Waals surface area contributed by atoms with Gasteiger partial charge in [-0.25, -0.2) is 9.82 Å². The fourth-order valence-electron chi connectivity index (χ4n) is 2.80. The van der Waals surface area contributed by atoms with Gasteiger partial charge in [-0.2, -0.15) is 5.10 Å². The van der Waals surface area contributed by atoms with Crippen molar-refractivity contribution in [2.75, 3.05) is 6.54 Å². The maximum Gasteiger partial charge on any atom is 0.253 e. The molecule has 2 aromatic carbocycles. The number of nitrogens with one attached hydrogen (secondary N) is 2. The predicted octanol–water partition coefficient (Wildman–Crippen LogP) is 2.46. The summed E-state index contributed by atoms with van der Waals surface area (Å²) < 4.78 is 13.7. The molecular formula is C18H15ClFN3O2. The topological polar surface area (TPSA) is 70.6 Å². The van der Waals surface area contributed by atoms with Crippen molar-refractivity contribution in [1.29, 1.82) is 0 Å². The molecule has 2 atom stereocenters. The molecule has 3 rings (SSSR count). The Morgan fingerprint density at radius 1 is 1.24 bits per heavy atom. The molecule has 0 aromatic heterocycles. The number of carbonyl (C=O) groups excluding carboxylic acids is 2. The van der Waals surface area contributed by atoms with Gasteiger partial charge in [-0.15, -0.1) is 0 Å². The molecule has 0 bridgehead atoms. The van der Waals surface area contributed by atoms with Crippen molar-refractivity contribution in [3.8, 4) is 0 Å². The number of hydrazone groups is 1. The first-order valence-electron chi connectivity index (χ1n) is 7.67. The van der Waals surface area contributed by atoms with Crippen molar-refractivity contribution >= 4 is 29.6 Å². The van der Waals surface area contributed by atoms with Crippen molar-refractivity contribution in [1.82, 2.24) is 10.7 Å². The van der Waals surface area contributed by atoms with Crippen LogP contribution < -0.4 is 10.7 Å². The monoisotopic (exact) mass is 359 g/mol. The summed E-state index contributed by atoms with van der Waals surface area (Å²) in [6, 6.07) is 13.5. The summed E-state index contributed by atoms with van der Waals surface area (Å²) in [5.74, 6) is -2.62. The molecule has 2 aromatic rings. The number of amides is 2. The van der Waals surface area contributed by atoms with Crippen LogP contribution in [0.5, 0.6) is 0 Å². The third kappa shape index (κ3) is 3.69. The van der Waals surface area contributed by atoms with Gasteiger partial charge in [0.25, 0.3) is 5.91 Å². The van der Waals surface area contributed by atoms with E-state index in [9.17, 15) is 14.0 Å². The first-order valence-corrected chi connectivity index (χ1v) is 8.05. The van der Waals surface area contributed by atoms with Gasteiger partial charge in [0.2, 0.25) is 5.91 Å². The van der Waals surface area contributed by atoms with Gasteiger partial charge in [-0.1, -0.05) is 48.0 Å². The number of benzene rings is 2. The third-order valence-corrected chi connectivity index (χ3v) is 4.39. The van der Waals surface area contributed by atoms with Crippen molar-refractivity contribution in [3.05, 3.63) is 70.5 Å². The second-order valence-corrected chi connectivity index (χ2v) is 6.02. The molecule has 1 fully saturated rings. The molecular weight excluding hydrogens is 345 g/mol. The molecule has 1 aliphatic heterocycles. The van der Waals surface area contributed by atoms with Gasteiger partial charge in [0.05, 0.1) is 11.2 Å². The molecule has 2 N–H and O–H groups in total. The van der Waals surface area contributed by atoms with E-state index < -0.39 is 17.6 Å². The van der Waals surface area contributed by atoms with E-state index >= 15 is 0 Å². The number of hydrogen-bond acceptors (Lipinski definition) is 3. The van der Waals surface area contributed by atoms with E-state index in [4.69, 9.17) is 11.6 Å². The van der Waals surface area contributed by atoms with E-state index in [1.165, 1.54) is 18.2 Å². The van der Waals surface area contributed by atoms with Gasteiger partial charge in [0.1, 0.15) is 11.7 Å². The van der Waals surface area contributed by atoms with E-state index in [1.54, 1.807) is 0 Å². The summed E-state index contributed by atoms with van der Waals surface area (Å²) in [7, 11) is 0. The van der Waals surface area contributed by atoms with Gasteiger partial charge in [-0.3, -0.25) is 9.59 Å².